The first-order valence-corrected chi connectivity index (χ1v) is 13.6. The van der Waals surface area contributed by atoms with Crippen molar-refractivity contribution in [1.29, 1.82) is 0 Å². The number of hydrogen-bond acceptors (Lipinski definition) is 6. The van der Waals surface area contributed by atoms with Crippen molar-refractivity contribution in [2.45, 2.75) is 70.9 Å². The van der Waals surface area contributed by atoms with Crippen LogP contribution in [0.1, 0.15) is 75.3 Å². The predicted octanol–water partition coefficient (Wildman–Crippen LogP) is 4.48. The number of carbonyl (C=O) groups excluding carboxylic acids is 3. The number of nitrogens with one attached hydrogen (secondary N) is 1. The van der Waals surface area contributed by atoms with Crippen LogP contribution in [0.5, 0.6) is 0 Å². The van der Waals surface area contributed by atoms with Gasteiger partial charge in [-0.2, -0.15) is 5.10 Å². The fourth-order valence-electron chi connectivity index (χ4n) is 5.06. The zero-order valence-electron chi connectivity index (χ0n) is 23.1. The second-order valence-electron chi connectivity index (χ2n) is 11.0. The van der Waals surface area contributed by atoms with Gasteiger partial charge in [0.05, 0.1) is 29.7 Å². The third kappa shape index (κ3) is 7.07. The summed E-state index contributed by atoms with van der Waals surface area (Å²) in [6.07, 6.45) is 3.39. The monoisotopic (exact) mass is 543 g/mol. The maximum atomic E-state index is 13.6. The van der Waals surface area contributed by atoms with Crippen LogP contribution < -0.4 is 5.32 Å². The minimum Gasteiger partial charge on any atom is -0.450 e. The second kappa shape index (κ2) is 12.0. The molecule has 2 aliphatic rings. The summed E-state index contributed by atoms with van der Waals surface area (Å²) in [5, 5.41) is 7.64. The molecule has 10 nitrogen and oxygen atoms in total. The van der Waals surface area contributed by atoms with Crippen LogP contribution in [0, 0.1) is 5.82 Å². The van der Waals surface area contributed by atoms with Crippen LogP contribution in [0.25, 0.3) is 5.69 Å². The molecule has 2 saturated heterocycles. The molecule has 1 N–H and O–H groups in total. The molecule has 0 unspecified atom stereocenters. The van der Waals surface area contributed by atoms with Crippen molar-refractivity contribution in [3.63, 3.8) is 0 Å². The minimum absolute atomic E-state index is 0.0392. The van der Waals surface area contributed by atoms with Gasteiger partial charge in [0.1, 0.15) is 11.4 Å². The van der Waals surface area contributed by atoms with Crippen molar-refractivity contribution >= 4 is 18.1 Å². The SMILES string of the molecule is CCOC(=O)N1CCC(NC(=O)c2cnn(-c3ccc(F)cc3)c2C2CCN(C(=O)OC(C)(C)C)CC2)CC1. The summed E-state index contributed by atoms with van der Waals surface area (Å²) in [6, 6.07) is 5.91. The van der Waals surface area contributed by atoms with Gasteiger partial charge < -0.3 is 24.6 Å². The Balaban J connectivity index is 1.50. The summed E-state index contributed by atoms with van der Waals surface area (Å²) in [7, 11) is 0. The van der Waals surface area contributed by atoms with E-state index in [1.807, 2.05) is 20.8 Å². The van der Waals surface area contributed by atoms with Crippen LogP contribution in [-0.2, 0) is 9.47 Å². The van der Waals surface area contributed by atoms with E-state index < -0.39 is 5.60 Å². The molecular formula is C28H38FN5O5. The molecule has 1 aromatic carbocycles. The summed E-state index contributed by atoms with van der Waals surface area (Å²) >= 11 is 0. The molecule has 0 bridgehead atoms. The summed E-state index contributed by atoms with van der Waals surface area (Å²) in [5.41, 5.74) is 1.28. The Kier molecular flexibility index (Phi) is 8.76. The first-order chi connectivity index (χ1) is 18.6. The molecule has 2 aliphatic heterocycles. The van der Waals surface area contributed by atoms with E-state index in [2.05, 4.69) is 10.4 Å². The number of rotatable bonds is 5. The van der Waals surface area contributed by atoms with E-state index in [9.17, 15) is 18.8 Å². The molecular weight excluding hydrogens is 505 g/mol. The number of piperidine rings is 2. The van der Waals surface area contributed by atoms with Crippen LogP contribution in [0.15, 0.2) is 30.5 Å². The lowest BCUT2D eigenvalue weighted by molar-refractivity contribution is 0.0203. The largest absolute Gasteiger partial charge is 0.450 e. The van der Waals surface area contributed by atoms with Gasteiger partial charge in [-0.3, -0.25) is 4.79 Å². The van der Waals surface area contributed by atoms with Gasteiger partial charge >= 0.3 is 12.2 Å². The molecule has 0 spiro atoms. The number of hydrogen-bond donors (Lipinski definition) is 1. The van der Waals surface area contributed by atoms with Crippen molar-refractivity contribution < 1.29 is 28.2 Å². The molecule has 212 valence electrons. The van der Waals surface area contributed by atoms with Gasteiger partial charge in [-0.25, -0.2) is 18.7 Å². The third-order valence-corrected chi connectivity index (χ3v) is 7.01. The summed E-state index contributed by atoms with van der Waals surface area (Å²) in [5.74, 6) is -0.629. The van der Waals surface area contributed by atoms with E-state index >= 15 is 0 Å². The number of nitrogens with zero attached hydrogens (tertiary/aromatic N) is 4. The van der Waals surface area contributed by atoms with Crippen LogP contribution in [0.3, 0.4) is 0 Å². The van der Waals surface area contributed by atoms with Crippen molar-refractivity contribution in [1.82, 2.24) is 24.9 Å². The molecule has 2 fully saturated rings. The second-order valence-corrected chi connectivity index (χ2v) is 11.0. The maximum absolute atomic E-state index is 13.6. The Hall–Kier alpha value is -3.63. The molecule has 0 radical (unpaired) electrons. The Labute approximate surface area is 228 Å². The first kappa shape index (κ1) is 28.4. The average molecular weight is 544 g/mol. The molecule has 11 heteroatoms. The van der Waals surface area contributed by atoms with Crippen LogP contribution >= 0.6 is 0 Å². The van der Waals surface area contributed by atoms with Gasteiger partial charge in [0.15, 0.2) is 0 Å². The number of likely N-dealkylation sites (tertiary alicyclic amines) is 2. The molecule has 39 heavy (non-hydrogen) atoms. The predicted molar refractivity (Wildman–Crippen MR) is 142 cm³/mol. The maximum Gasteiger partial charge on any atom is 0.410 e. The molecule has 3 heterocycles. The Morgan fingerprint density at radius 3 is 2.15 bits per heavy atom. The highest BCUT2D eigenvalue weighted by Crippen LogP contribution is 2.33. The van der Waals surface area contributed by atoms with Crippen molar-refractivity contribution in [3.05, 3.63) is 47.5 Å². The van der Waals surface area contributed by atoms with Gasteiger partial charge in [0.25, 0.3) is 5.91 Å². The zero-order valence-corrected chi connectivity index (χ0v) is 23.1. The van der Waals surface area contributed by atoms with Crippen LogP contribution in [-0.4, -0.2) is 82.1 Å². The lowest BCUT2D eigenvalue weighted by Crippen LogP contribution is -2.47. The standard InChI is InChI=1S/C28H38FN5O5/c1-5-38-26(36)32-16-12-21(13-17-32)31-25(35)23-18-30-34(22-8-6-20(29)7-9-22)24(23)19-10-14-33(15-11-19)27(37)39-28(2,3)4/h6-9,18-19,21H,5,10-17H2,1-4H3,(H,31,35). The lowest BCUT2D eigenvalue weighted by atomic mass is 9.90. The van der Waals surface area contributed by atoms with E-state index in [0.717, 1.165) is 5.69 Å². The molecule has 0 aliphatic carbocycles. The van der Waals surface area contributed by atoms with Crippen LogP contribution in [0.4, 0.5) is 14.0 Å². The fraction of sp³-hybridized carbons (Fsp3) is 0.571. The van der Waals surface area contributed by atoms with E-state index in [0.29, 0.717) is 69.7 Å². The van der Waals surface area contributed by atoms with Gasteiger partial charge in [-0.15, -0.1) is 0 Å². The molecule has 4 rings (SSSR count). The molecule has 3 amide bonds. The minimum atomic E-state index is -0.577. The molecule has 0 saturated carbocycles. The Morgan fingerprint density at radius 1 is 0.974 bits per heavy atom. The number of amides is 3. The van der Waals surface area contributed by atoms with Crippen molar-refractivity contribution in [2.75, 3.05) is 32.8 Å². The number of benzene rings is 1. The van der Waals surface area contributed by atoms with E-state index in [1.165, 1.54) is 12.1 Å². The average Bonchev–Trinajstić information content (AvgIpc) is 3.34. The van der Waals surface area contributed by atoms with E-state index in [1.54, 1.807) is 39.7 Å². The quantitative estimate of drug-likeness (QED) is 0.596. The van der Waals surface area contributed by atoms with Gasteiger partial charge in [-0.05, 0) is 77.6 Å². The van der Waals surface area contributed by atoms with E-state index in [4.69, 9.17) is 9.47 Å². The highest BCUT2D eigenvalue weighted by atomic mass is 19.1. The Bertz CT molecular complexity index is 1160. The highest BCUT2D eigenvalue weighted by Gasteiger charge is 2.33. The molecule has 0 atom stereocenters. The van der Waals surface area contributed by atoms with E-state index in [-0.39, 0.29) is 35.9 Å². The zero-order chi connectivity index (χ0) is 28.2. The first-order valence-electron chi connectivity index (χ1n) is 13.6. The lowest BCUT2D eigenvalue weighted by Gasteiger charge is -2.34. The smallest absolute Gasteiger partial charge is 0.410 e. The number of carbonyl (C=O) groups is 3. The summed E-state index contributed by atoms with van der Waals surface area (Å²) in [4.78, 5) is 41.4. The topological polar surface area (TPSA) is 106 Å². The number of aromatic nitrogens is 2. The normalized spacial score (nSPS) is 17.2. The molecule has 2 aromatic rings. The highest BCUT2D eigenvalue weighted by molar-refractivity contribution is 5.95. The fourth-order valence-corrected chi connectivity index (χ4v) is 5.06. The Morgan fingerprint density at radius 2 is 1.56 bits per heavy atom. The summed E-state index contributed by atoms with van der Waals surface area (Å²) in [6.45, 7) is 9.61. The van der Waals surface area contributed by atoms with Gasteiger partial charge in [0.2, 0.25) is 0 Å². The number of ether oxygens (including phenoxy) is 2. The molecule has 1 aromatic heterocycles. The van der Waals surface area contributed by atoms with Crippen LogP contribution in [0.2, 0.25) is 0 Å². The number of halogens is 1. The summed E-state index contributed by atoms with van der Waals surface area (Å²) < 4.78 is 25.9. The van der Waals surface area contributed by atoms with Crippen molar-refractivity contribution in [2.24, 2.45) is 0 Å². The van der Waals surface area contributed by atoms with Crippen molar-refractivity contribution in [3.8, 4) is 5.69 Å². The third-order valence-electron chi connectivity index (χ3n) is 7.01. The van der Waals surface area contributed by atoms with Gasteiger partial charge in [0, 0.05) is 38.1 Å². The van der Waals surface area contributed by atoms with Gasteiger partial charge in [-0.1, -0.05) is 0 Å².